The van der Waals surface area contributed by atoms with Crippen molar-refractivity contribution >= 4 is 23.9 Å². The molecule has 8 nitrogen and oxygen atoms in total. The average Bonchev–Trinajstić information content (AvgIpc) is 2.01. The molecule has 0 atom stereocenters. The number of aliphatic carboxylic acids is 4. The van der Waals surface area contributed by atoms with Crippen LogP contribution in [-0.2, 0) is 19.2 Å². The standard InChI is InChI=1S/C7H8O8.4Na/c8-4(9)2(5(10)11)1-3(6(12)13)7(14)15;;;;/h2-3H,1H2,(H,8,9)(H,10,11)(H,12,13)(H,14,15);;;;/q;4*+1/p-4. The molecule has 0 aliphatic rings. The van der Waals surface area contributed by atoms with E-state index in [0.717, 1.165) is 0 Å². The molecule has 0 fully saturated rings. The monoisotopic (exact) mass is 308 g/mol. The van der Waals surface area contributed by atoms with Gasteiger partial charge in [-0.05, 0) is 6.42 Å². The molecule has 0 aromatic rings. The molecule has 0 saturated carbocycles. The number of carbonyl (C=O) groups is 4. The van der Waals surface area contributed by atoms with Crippen molar-refractivity contribution in [2.75, 3.05) is 0 Å². The fourth-order valence-electron chi connectivity index (χ4n) is 0.813. The van der Waals surface area contributed by atoms with Crippen LogP contribution in [0.2, 0.25) is 0 Å². The summed E-state index contributed by atoms with van der Waals surface area (Å²) in [4.78, 5) is 40.7. The molecule has 0 aliphatic heterocycles. The fourth-order valence-corrected chi connectivity index (χ4v) is 0.813. The number of carboxylic acid groups (broad SMARTS) is 4. The van der Waals surface area contributed by atoms with E-state index in [1.54, 1.807) is 0 Å². The summed E-state index contributed by atoms with van der Waals surface area (Å²) in [5.41, 5.74) is 0. The van der Waals surface area contributed by atoms with Gasteiger partial charge in [0.2, 0.25) is 0 Å². The Morgan fingerprint density at radius 3 is 0.842 bits per heavy atom. The third kappa shape index (κ3) is 13.3. The van der Waals surface area contributed by atoms with E-state index in [-0.39, 0.29) is 118 Å². The fraction of sp³-hybridized carbons (Fsp3) is 0.429. The maximum atomic E-state index is 10.2. The zero-order valence-electron chi connectivity index (χ0n) is 11.1. The average molecular weight is 308 g/mol. The maximum absolute atomic E-state index is 10.2. The molecule has 0 spiro atoms. The first-order valence-electron chi connectivity index (χ1n) is 3.60. The van der Waals surface area contributed by atoms with Gasteiger partial charge in [-0.3, -0.25) is 0 Å². The van der Waals surface area contributed by atoms with E-state index in [1.165, 1.54) is 0 Å². The van der Waals surface area contributed by atoms with Crippen molar-refractivity contribution in [3.8, 4) is 0 Å². The van der Waals surface area contributed by atoms with Crippen molar-refractivity contribution in [1.82, 2.24) is 0 Å². The van der Waals surface area contributed by atoms with E-state index in [4.69, 9.17) is 0 Å². The Kier molecular flexibility index (Phi) is 28.0. The third-order valence-corrected chi connectivity index (χ3v) is 1.61. The molecule has 19 heavy (non-hydrogen) atoms. The summed E-state index contributed by atoms with van der Waals surface area (Å²) in [5, 5.41) is 40.7. The van der Waals surface area contributed by atoms with Crippen LogP contribution in [-0.4, -0.2) is 23.9 Å². The Morgan fingerprint density at radius 1 is 0.579 bits per heavy atom. The van der Waals surface area contributed by atoms with E-state index in [9.17, 15) is 39.6 Å². The molecular weight excluding hydrogens is 304 g/mol. The molecule has 12 heteroatoms. The first-order chi connectivity index (χ1) is 6.77. The zero-order valence-corrected chi connectivity index (χ0v) is 19.1. The van der Waals surface area contributed by atoms with Crippen LogP contribution in [0, 0.1) is 11.8 Å². The van der Waals surface area contributed by atoms with Crippen LogP contribution in [0.3, 0.4) is 0 Å². The van der Waals surface area contributed by atoms with E-state index in [1.807, 2.05) is 0 Å². The molecule has 0 bridgehead atoms. The van der Waals surface area contributed by atoms with Gasteiger partial charge >= 0.3 is 118 Å². The summed E-state index contributed by atoms with van der Waals surface area (Å²) in [5.74, 6) is -13.2. The van der Waals surface area contributed by atoms with Gasteiger partial charge in [0.05, 0.1) is 23.9 Å². The topological polar surface area (TPSA) is 161 Å². The molecule has 0 saturated heterocycles. The van der Waals surface area contributed by atoms with Gasteiger partial charge in [0.25, 0.3) is 0 Å². The molecule has 0 aromatic carbocycles. The first-order valence-corrected chi connectivity index (χ1v) is 3.60. The molecule has 84 valence electrons. The van der Waals surface area contributed by atoms with Crippen molar-refractivity contribution < 1.29 is 158 Å². The predicted molar refractivity (Wildman–Crippen MR) is 31.6 cm³/mol. The van der Waals surface area contributed by atoms with Crippen molar-refractivity contribution in [1.29, 1.82) is 0 Å². The summed E-state index contributed by atoms with van der Waals surface area (Å²) >= 11 is 0. The Morgan fingerprint density at radius 2 is 0.737 bits per heavy atom. The summed E-state index contributed by atoms with van der Waals surface area (Å²) in [6, 6.07) is 0. The molecule has 0 rings (SSSR count). The minimum absolute atomic E-state index is 0. The molecular formula is C7H4Na4O8. The Balaban J connectivity index is -0.000000163. The largest absolute Gasteiger partial charge is 1.00 e. The van der Waals surface area contributed by atoms with Crippen molar-refractivity contribution in [2.45, 2.75) is 6.42 Å². The number of rotatable bonds is 6. The van der Waals surface area contributed by atoms with Crippen LogP contribution >= 0.6 is 0 Å². The van der Waals surface area contributed by atoms with Gasteiger partial charge in [-0.15, -0.1) is 0 Å². The van der Waals surface area contributed by atoms with Crippen LogP contribution < -0.4 is 139 Å². The summed E-state index contributed by atoms with van der Waals surface area (Å²) < 4.78 is 0. The summed E-state index contributed by atoms with van der Waals surface area (Å²) in [6.45, 7) is 0. The summed E-state index contributed by atoms with van der Waals surface area (Å²) in [7, 11) is 0. The number of carboxylic acids is 4. The second kappa shape index (κ2) is 16.3. The molecule has 0 aromatic heterocycles. The van der Waals surface area contributed by atoms with Crippen molar-refractivity contribution in [3.05, 3.63) is 0 Å². The molecule has 0 radical (unpaired) electrons. The second-order valence-corrected chi connectivity index (χ2v) is 2.62. The Hall–Kier alpha value is 1.88. The minimum Gasteiger partial charge on any atom is -0.549 e. The van der Waals surface area contributed by atoms with E-state index >= 15 is 0 Å². The van der Waals surface area contributed by atoms with Gasteiger partial charge in [-0.25, -0.2) is 0 Å². The van der Waals surface area contributed by atoms with Crippen molar-refractivity contribution in [3.63, 3.8) is 0 Å². The Labute approximate surface area is 196 Å². The number of hydrogen-bond acceptors (Lipinski definition) is 8. The molecule has 0 aliphatic carbocycles. The molecule has 0 unspecified atom stereocenters. The molecule has 0 amide bonds. The van der Waals surface area contributed by atoms with E-state index < -0.39 is 42.1 Å². The number of carbonyl (C=O) groups excluding carboxylic acids is 4. The van der Waals surface area contributed by atoms with Crippen molar-refractivity contribution in [2.24, 2.45) is 11.8 Å². The van der Waals surface area contributed by atoms with Gasteiger partial charge in [0, 0.05) is 11.8 Å². The second-order valence-electron chi connectivity index (χ2n) is 2.62. The molecule has 0 N–H and O–H groups in total. The minimum atomic E-state index is -2.34. The molecule has 0 heterocycles. The van der Waals surface area contributed by atoms with Crippen LogP contribution in [0.15, 0.2) is 0 Å². The normalized spacial score (nSPS) is 8.11. The Bertz CT molecular complexity index is 262. The van der Waals surface area contributed by atoms with E-state index in [2.05, 4.69) is 0 Å². The SMILES string of the molecule is O=C([O-])C(CC(C(=O)[O-])C(=O)[O-])C(=O)[O-].[Na+].[Na+].[Na+].[Na+]. The number of hydrogen-bond donors (Lipinski definition) is 0. The quantitative estimate of drug-likeness (QED) is 0.345. The summed E-state index contributed by atoms with van der Waals surface area (Å²) in [6.07, 6.45) is -1.24. The van der Waals surface area contributed by atoms with E-state index in [0.29, 0.717) is 0 Å². The van der Waals surface area contributed by atoms with Gasteiger partial charge in [-0.1, -0.05) is 0 Å². The van der Waals surface area contributed by atoms with Crippen LogP contribution in [0.25, 0.3) is 0 Å². The third-order valence-electron chi connectivity index (χ3n) is 1.61. The van der Waals surface area contributed by atoms with Crippen LogP contribution in [0.5, 0.6) is 0 Å². The van der Waals surface area contributed by atoms with Crippen LogP contribution in [0.1, 0.15) is 6.42 Å². The zero-order chi connectivity index (χ0) is 12.2. The predicted octanol–water partition coefficient (Wildman–Crippen LogP) is -18.4. The van der Waals surface area contributed by atoms with Gasteiger partial charge < -0.3 is 39.6 Å². The van der Waals surface area contributed by atoms with Gasteiger partial charge in [-0.2, -0.15) is 0 Å². The van der Waals surface area contributed by atoms with Gasteiger partial charge in [0.1, 0.15) is 0 Å². The maximum Gasteiger partial charge on any atom is 1.00 e. The first kappa shape index (κ1) is 32.7. The smallest absolute Gasteiger partial charge is 0.549 e. The van der Waals surface area contributed by atoms with Crippen LogP contribution in [0.4, 0.5) is 0 Å². The van der Waals surface area contributed by atoms with Gasteiger partial charge in [0.15, 0.2) is 0 Å².